The van der Waals surface area contributed by atoms with Crippen molar-refractivity contribution >= 4 is 5.78 Å². The van der Waals surface area contributed by atoms with E-state index in [2.05, 4.69) is 6.92 Å². The lowest BCUT2D eigenvalue weighted by atomic mass is 10.0. The van der Waals surface area contributed by atoms with E-state index in [1.165, 1.54) is 57.8 Å². The van der Waals surface area contributed by atoms with Gasteiger partial charge in [-0.1, -0.05) is 71.1 Å². The Kier molecular flexibility index (Phi) is 14.7. The van der Waals surface area contributed by atoms with Crippen LogP contribution in [0.4, 0.5) is 0 Å². The molecule has 0 amide bonds. The normalized spacial score (nSPS) is 12.6. The van der Waals surface area contributed by atoms with Gasteiger partial charge in [-0.15, -0.1) is 0 Å². The molecule has 0 bridgehead atoms. The summed E-state index contributed by atoms with van der Waals surface area (Å²) in [6, 6.07) is -0.455. The fourth-order valence-electron chi connectivity index (χ4n) is 2.45. The van der Waals surface area contributed by atoms with Gasteiger partial charge >= 0.3 is 0 Å². The van der Waals surface area contributed by atoms with Crippen LogP contribution in [0.15, 0.2) is 0 Å². The van der Waals surface area contributed by atoms with Gasteiger partial charge in [0.1, 0.15) is 5.78 Å². The van der Waals surface area contributed by atoms with Crippen LogP contribution in [0.2, 0.25) is 0 Å². The summed E-state index contributed by atoms with van der Waals surface area (Å²) in [7, 11) is 0. The molecule has 120 valence electrons. The zero-order valence-corrected chi connectivity index (χ0v) is 13.4. The van der Waals surface area contributed by atoms with Crippen LogP contribution in [-0.4, -0.2) is 23.5 Å². The second-order valence-electron chi connectivity index (χ2n) is 5.87. The largest absolute Gasteiger partial charge is 0.396 e. The third-order valence-electron chi connectivity index (χ3n) is 3.88. The Morgan fingerprint density at radius 3 is 1.80 bits per heavy atom. The van der Waals surface area contributed by atoms with Crippen molar-refractivity contribution in [2.24, 2.45) is 5.73 Å². The van der Waals surface area contributed by atoms with Crippen molar-refractivity contribution in [2.45, 2.75) is 96.4 Å². The van der Waals surface area contributed by atoms with Gasteiger partial charge in [0.25, 0.3) is 0 Å². The van der Waals surface area contributed by atoms with Gasteiger partial charge in [0.2, 0.25) is 0 Å². The lowest BCUT2D eigenvalue weighted by Crippen LogP contribution is -2.31. The van der Waals surface area contributed by atoms with Crippen molar-refractivity contribution in [3.8, 4) is 0 Å². The highest BCUT2D eigenvalue weighted by molar-refractivity contribution is 5.83. The summed E-state index contributed by atoms with van der Waals surface area (Å²) >= 11 is 0. The minimum Gasteiger partial charge on any atom is -0.396 e. The fraction of sp³-hybridized carbons (Fsp3) is 0.941. The second kappa shape index (κ2) is 15.0. The highest BCUT2D eigenvalue weighted by Gasteiger charge is 2.11. The van der Waals surface area contributed by atoms with Crippen LogP contribution < -0.4 is 5.73 Å². The molecule has 1 atom stereocenters. The number of ketones is 1. The summed E-state index contributed by atoms with van der Waals surface area (Å²) in [5.74, 6) is 0.106. The number of nitrogens with two attached hydrogens (primary N) is 1. The van der Waals surface area contributed by atoms with E-state index in [4.69, 9.17) is 10.8 Å². The number of carbonyl (C=O) groups is 1. The Morgan fingerprint density at radius 2 is 1.35 bits per heavy atom. The van der Waals surface area contributed by atoms with Crippen molar-refractivity contribution in [2.75, 3.05) is 6.61 Å². The average molecular weight is 285 g/mol. The molecule has 20 heavy (non-hydrogen) atoms. The van der Waals surface area contributed by atoms with Gasteiger partial charge in [-0.25, -0.2) is 0 Å². The van der Waals surface area contributed by atoms with Gasteiger partial charge in [0.15, 0.2) is 0 Å². The maximum absolute atomic E-state index is 11.6. The summed E-state index contributed by atoms with van der Waals surface area (Å²) in [4.78, 5) is 11.6. The molecule has 0 saturated heterocycles. The summed E-state index contributed by atoms with van der Waals surface area (Å²) in [6.07, 6.45) is 15.2. The molecule has 0 saturated carbocycles. The van der Waals surface area contributed by atoms with Gasteiger partial charge in [-0.3, -0.25) is 4.79 Å². The van der Waals surface area contributed by atoms with Crippen LogP contribution in [0.3, 0.4) is 0 Å². The molecule has 3 N–H and O–H groups in total. The molecule has 0 aromatic carbocycles. The molecule has 0 aromatic heterocycles. The number of hydrogen-bond donors (Lipinski definition) is 2. The number of unbranched alkanes of at least 4 members (excludes halogenated alkanes) is 10. The summed E-state index contributed by atoms with van der Waals surface area (Å²) in [5, 5.41) is 8.71. The maximum atomic E-state index is 11.6. The number of hydrogen-bond acceptors (Lipinski definition) is 3. The first-order chi connectivity index (χ1) is 9.72. The van der Waals surface area contributed by atoms with Crippen LogP contribution in [0.1, 0.15) is 90.4 Å². The fourth-order valence-corrected chi connectivity index (χ4v) is 2.45. The van der Waals surface area contributed by atoms with Crippen LogP contribution in [0.25, 0.3) is 0 Å². The van der Waals surface area contributed by atoms with E-state index in [1.54, 1.807) is 0 Å². The van der Waals surface area contributed by atoms with E-state index in [1.807, 2.05) is 0 Å². The number of aliphatic hydroxyl groups is 1. The Hall–Kier alpha value is -0.410. The Bertz CT molecular complexity index is 219. The van der Waals surface area contributed by atoms with Gasteiger partial charge in [0, 0.05) is 13.0 Å². The predicted molar refractivity (Wildman–Crippen MR) is 85.8 cm³/mol. The van der Waals surface area contributed by atoms with Crippen molar-refractivity contribution in [1.82, 2.24) is 0 Å². The van der Waals surface area contributed by atoms with Gasteiger partial charge in [0.05, 0.1) is 6.04 Å². The van der Waals surface area contributed by atoms with Gasteiger partial charge in [-0.05, 0) is 12.8 Å². The average Bonchev–Trinajstić information content (AvgIpc) is 2.44. The van der Waals surface area contributed by atoms with Gasteiger partial charge in [-0.2, -0.15) is 0 Å². The number of aliphatic hydroxyl groups excluding tert-OH is 1. The number of Topliss-reactive ketones (excluding diaryl/α,β-unsaturated/α-hetero) is 1. The molecule has 0 spiro atoms. The molecule has 3 heteroatoms. The molecule has 0 aliphatic carbocycles. The lowest BCUT2D eigenvalue weighted by molar-refractivity contribution is -0.120. The lowest BCUT2D eigenvalue weighted by Gasteiger charge is -2.08. The third-order valence-corrected chi connectivity index (χ3v) is 3.88. The van der Waals surface area contributed by atoms with E-state index in [-0.39, 0.29) is 12.4 Å². The first-order valence-corrected chi connectivity index (χ1v) is 8.61. The highest BCUT2D eigenvalue weighted by Crippen LogP contribution is 2.12. The summed E-state index contributed by atoms with van der Waals surface area (Å²) in [5.41, 5.74) is 5.65. The summed E-state index contributed by atoms with van der Waals surface area (Å²) < 4.78 is 0. The first kappa shape index (κ1) is 19.6. The maximum Gasteiger partial charge on any atom is 0.149 e. The highest BCUT2D eigenvalue weighted by atomic mass is 16.3. The zero-order valence-electron chi connectivity index (χ0n) is 13.4. The number of rotatable bonds is 15. The SMILES string of the molecule is CCCCCCCCCCCCCC(=O)C(N)CCO. The van der Waals surface area contributed by atoms with Crippen molar-refractivity contribution in [1.29, 1.82) is 0 Å². The van der Waals surface area contributed by atoms with Crippen LogP contribution in [0.5, 0.6) is 0 Å². The molecular formula is C17H35NO2. The Labute approximate surface area is 125 Å². The molecule has 0 aliphatic rings. The molecule has 0 rings (SSSR count). The molecule has 1 unspecified atom stereocenters. The topological polar surface area (TPSA) is 63.3 Å². The molecule has 0 heterocycles. The van der Waals surface area contributed by atoms with E-state index < -0.39 is 6.04 Å². The smallest absolute Gasteiger partial charge is 0.149 e. The molecule has 0 aromatic rings. The van der Waals surface area contributed by atoms with Crippen LogP contribution in [-0.2, 0) is 4.79 Å². The van der Waals surface area contributed by atoms with Crippen LogP contribution >= 0.6 is 0 Å². The van der Waals surface area contributed by atoms with Crippen LogP contribution in [0, 0.1) is 0 Å². The third kappa shape index (κ3) is 12.6. The Balaban J connectivity index is 3.18. The van der Waals surface area contributed by atoms with E-state index in [0.29, 0.717) is 12.8 Å². The molecule has 0 radical (unpaired) electrons. The minimum atomic E-state index is -0.455. The monoisotopic (exact) mass is 285 g/mol. The van der Waals surface area contributed by atoms with E-state index in [0.717, 1.165) is 12.8 Å². The summed E-state index contributed by atoms with van der Waals surface area (Å²) in [6.45, 7) is 2.26. The standard InChI is InChI=1S/C17H35NO2/c1-2-3-4-5-6-7-8-9-10-11-12-13-17(20)16(18)14-15-19/h16,19H,2-15,18H2,1H3. The zero-order chi connectivity index (χ0) is 15.1. The first-order valence-electron chi connectivity index (χ1n) is 8.61. The predicted octanol–water partition coefficient (Wildman–Crippen LogP) is 3.97. The van der Waals surface area contributed by atoms with E-state index in [9.17, 15) is 4.79 Å². The molecule has 3 nitrogen and oxygen atoms in total. The second-order valence-corrected chi connectivity index (χ2v) is 5.87. The Morgan fingerprint density at radius 1 is 0.900 bits per heavy atom. The molecule has 0 aliphatic heterocycles. The molecule has 0 fully saturated rings. The van der Waals surface area contributed by atoms with E-state index >= 15 is 0 Å². The van der Waals surface area contributed by atoms with Crippen molar-refractivity contribution < 1.29 is 9.90 Å². The van der Waals surface area contributed by atoms with Crippen molar-refractivity contribution in [3.63, 3.8) is 0 Å². The minimum absolute atomic E-state index is 0.00512. The quantitative estimate of drug-likeness (QED) is 0.448. The van der Waals surface area contributed by atoms with Gasteiger partial charge < -0.3 is 10.8 Å². The van der Waals surface area contributed by atoms with Crippen molar-refractivity contribution in [3.05, 3.63) is 0 Å². The number of carbonyl (C=O) groups excluding carboxylic acids is 1. The molecular weight excluding hydrogens is 250 g/mol.